The summed E-state index contributed by atoms with van der Waals surface area (Å²) in [5, 5.41) is 3.58. The molecule has 0 radical (unpaired) electrons. The molecule has 1 N–H and O–H groups in total. The second-order valence-electron chi connectivity index (χ2n) is 5.78. The van der Waals surface area contributed by atoms with Crippen molar-refractivity contribution in [3.05, 3.63) is 0 Å². The first-order chi connectivity index (χ1) is 7.93. The Bertz CT molecular complexity index is 185. The zero-order valence-electron chi connectivity index (χ0n) is 12.7. The van der Waals surface area contributed by atoms with Crippen molar-refractivity contribution in [1.29, 1.82) is 0 Å². The van der Waals surface area contributed by atoms with Gasteiger partial charge in [-0.2, -0.15) is 11.8 Å². The molecule has 17 heavy (non-hydrogen) atoms. The summed E-state index contributed by atoms with van der Waals surface area (Å²) in [6.45, 7) is 12.7. The fourth-order valence-corrected chi connectivity index (χ4v) is 2.37. The maximum atomic E-state index is 3.58. The molecule has 1 unspecified atom stereocenters. The van der Waals surface area contributed by atoms with Gasteiger partial charge in [-0.15, -0.1) is 0 Å². The van der Waals surface area contributed by atoms with Gasteiger partial charge >= 0.3 is 0 Å². The van der Waals surface area contributed by atoms with Gasteiger partial charge in [-0.05, 0) is 43.9 Å². The van der Waals surface area contributed by atoms with Gasteiger partial charge in [0, 0.05) is 19.1 Å². The van der Waals surface area contributed by atoms with Crippen molar-refractivity contribution in [2.75, 3.05) is 38.7 Å². The maximum absolute atomic E-state index is 3.58. The van der Waals surface area contributed by atoms with E-state index in [1.807, 2.05) is 11.8 Å². The Morgan fingerprint density at radius 3 is 2.47 bits per heavy atom. The van der Waals surface area contributed by atoms with Gasteiger partial charge in [0.05, 0.1) is 0 Å². The standard InChI is InChI=1S/C14H32N2S/c1-7-14(4,11-15-13(2)3)12-16(5)9-8-10-17-6/h13,15H,7-12H2,1-6H3. The van der Waals surface area contributed by atoms with Gasteiger partial charge in [-0.3, -0.25) is 0 Å². The summed E-state index contributed by atoms with van der Waals surface area (Å²) in [6, 6.07) is 0.586. The zero-order valence-corrected chi connectivity index (χ0v) is 13.5. The second kappa shape index (κ2) is 9.23. The number of nitrogens with zero attached hydrogens (tertiary/aromatic N) is 1. The van der Waals surface area contributed by atoms with Crippen LogP contribution >= 0.6 is 11.8 Å². The van der Waals surface area contributed by atoms with Gasteiger partial charge in [-0.25, -0.2) is 0 Å². The number of thioether (sulfide) groups is 1. The number of hydrogen-bond acceptors (Lipinski definition) is 3. The molecule has 0 aliphatic carbocycles. The van der Waals surface area contributed by atoms with E-state index in [9.17, 15) is 0 Å². The Balaban J connectivity index is 3.98. The number of hydrogen-bond donors (Lipinski definition) is 1. The average molecular weight is 260 g/mol. The number of nitrogens with one attached hydrogen (secondary N) is 1. The van der Waals surface area contributed by atoms with Gasteiger partial charge in [0.25, 0.3) is 0 Å². The molecule has 0 aromatic carbocycles. The summed E-state index contributed by atoms with van der Waals surface area (Å²) >= 11 is 1.94. The topological polar surface area (TPSA) is 15.3 Å². The van der Waals surface area contributed by atoms with E-state index < -0.39 is 0 Å². The lowest BCUT2D eigenvalue weighted by atomic mass is 9.86. The summed E-state index contributed by atoms with van der Waals surface area (Å²) in [5.41, 5.74) is 0.401. The van der Waals surface area contributed by atoms with E-state index in [1.54, 1.807) is 0 Å². The zero-order chi connectivity index (χ0) is 13.3. The summed E-state index contributed by atoms with van der Waals surface area (Å²) in [7, 11) is 2.25. The minimum Gasteiger partial charge on any atom is -0.314 e. The monoisotopic (exact) mass is 260 g/mol. The van der Waals surface area contributed by atoms with Crippen LogP contribution in [0.1, 0.15) is 40.5 Å². The highest BCUT2D eigenvalue weighted by atomic mass is 32.2. The van der Waals surface area contributed by atoms with Crippen LogP contribution in [0, 0.1) is 5.41 Å². The highest BCUT2D eigenvalue weighted by Crippen LogP contribution is 2.21. The molecule has 0 rings (SSSR count). The summed E-state index contributed by atoms with van der Waals surface area (Å²) in [5.74, 6) is 1.28. The van der Waals surface area contributed by atoms with Crippen molar-refractivity contribution in [2.24, 2.45) is 5.41 Å². The van der Waals surface area contributed by atoms with Crippen LogP contribution < -0.4 is 5.32 Å². The molecule has 0 heterocycles. The molecular formula is C14H32N2S. The molecule has 0 amide bonds. The average Bonchev–Trinajstić information content (AvgIpc) is 2.27. The van der Waals surface area contributed by atoms with Crippen molar-refractivity contribution in [1.82, 2.24) is 10.2 Å². The van der Waals surface area contributed by atoms with Crippen LogP contribution in [-0.4, -0.2) is 49.6 Å². The molecule has 3 heteroatoms. The smallest absolute Gasteiger partial charge is 0.00443 e. The molecule has 0 bridgehead atoms. The normalized spacial score (nSPS) is 15.5. The van der Waals surface area contributed by atoms with Crippen LogP contribution in [0.25, 0.3) is 0 Å². The van der Waals surface area contributed by atoms with Crippen molar-refractivity contribution in [3.63, 3.8) is 0 Å². The fraction of sp³-hybridized carbons (Fsp3) is 1.00. The first kappa shape index (κ1) is 17.3. The van der Waals surface area contributed by atoms with Gasteiger partial charge in [0.2, 0.25) is 0 Å². The molecule has 0 saturated carbocycles. The summed E-state index contributed by atoms with van der Waals surface area (Å²) in [6.07, 6.45) is 4.72. The summed E-state index contributed by atoms with van der Waals surface area (Å²) < 4.78 is 0. The Labute approximate surface area is 113 Å². The third-order valence-corrected chi connectivity index (χ3v) is 4.03. The van der Waals surface area contributed by atoms with Crippen molar-refractivity contribution >= 4 is 11.8 Å². The SMILES string of the molecule is CCC(C)(CNC(C)C)CN(C)CCCSC. The van der Waals surface area contributed by atoms with Crippen molar-refractivity contribution < 1.29 is 0 Å². The summed E-state index contributed by atoms with van der Waals surface area (Å²) in [4.78, 5) is 2.49. The van der Waals surface area contributed by atoms with E-state index in [-0.39, 0.29) is 0 Å². The van der Waals surface area contributed by atoms with E-state index in [0.29, 0.717) is 11.5 Å². The molecule has 0 aliphatic heterocycles. The molecule has 0 spiro atoms. The largest absolute Gasteiger partial charge is 0.314 e. The predicted molar refractivity (Wildman–Crippen MR) is 82.0 cm³/mol. The third-order valence-electron chi connectivity index (χ3n) is 3.33. The van der Waals surface area contributed by atoms with E-state index in [0.717, 1.165) is 6.54 Å². The molecule has 0 aromatic heterocycles. The van der Waals surface area contributed by atoms with E-state index in [2.05, 4.69) is 51.2 Å². The third kappa shape index (κ3) is 8.92. The Morgan fingerprint density at radius 1 is 1.35 bits per heavy atom. The first-order valence-corrected chi connectivity index (χ1v) is 8.24. The molecule has 0 aliphatic rings. The van der Waals surface area contributed by atoms with E-state index in [1.165, 1.54) is 31.7 Å². The minimum absolute atomic E-state index is 0.401. The Kier molecular flexibility index (Phi) is 9.38. The molecule has 0 saturated heterocycles. The molecule has 2 nitrogen and oxygen atoms in total. The lowest BCUT2D eigenvalue weighted by Gasteiger charge is -2.34. The highest BCUT2D eigenvalue weighted by Gasteiger charge is 2.23. The van der Waals surface area contributed by atoms with Gasteiger partial charge in [-0.1, -0.05) is 27.7 Å². The minimum atomic E-state index is 0.401. The quantitative estimate of drug-likeness (QED) is 0.608. The van der Waals surface area contributed by atoms with Crippen LogP contribution in [-0.2, 0) is 0 Å². The fourth-order valence-electron chi connectivity index (χ4n) is 1.95. The van der Waals surface area contributed by atoms with Crippen LogP contribution in [0.5, 0.6) is 0 Å². The van der Waals surface area contributed by atoms with E-state index >= 15 is 0 Å². The van der Waals surface area contributed by atoms with Crippen LogP contribution in [0.15, 0.2) is 0 Å². The molecular weight excluding hydrogens is 228 g/mol. The second-order valence-corrected chi connectivity index (χ2v) is 6.77. The van der Waals surface area contributed by atoms with Gasteiger partial charge < -0.3 is 10.2 Å². The van der Waals surface area contributed by atoms with Crippen molar-refractivity contribution in [3.8, 4) is 0 Å². The lowest BCUT2D eigenvalue weighted by Crippen LogP contribution is -2.42. The molecule has 0 aromatic rings. The molecule has 104 valence electrons. The van der Waals surface area contributed by atoms with Crippen LogP contribution in [0.3, 0.4) is 0 Å². The maximum Gasteiger partial charge on any atom is 0.00443 e. The van der Waals surface area contributed by atoms with Crippen LogP contribution in [0.4, 0.5) is 0 Å². The molecule has 0 fully saturated rings. The first-order valence-electron chi connectivity index (χ1n) is 6.84. The number of rotatable bonds is 10. The van der Waals surface area contributed by atoms with Gasteiger partial charge in [0.1, 0.15) is 0 Å². The highest BCUT2D eigenvalue weighted by molar-refractivity contribution is 7.98. The Hall–Kier alpha value is 0.270. The molecule has 1 atom stereocenters. The Morgan fingerprint density at radius 2 is 2.00 bits per heavy atom. The van der Waals surface area contributed by atoms with Crippen LogP contribution in [0.2, 0.25) is 0 Å². The van der Waals surface area contributed by atoms with Gasteiger partial charge in [0.15, 0.2) is 0 Å². The predicted octanol–water partition coefficient (Wildman–Crippen LogP) is 3.09. The lowest BCUT2D eigenvalue weighted by molar-refractivity contribution is 0.177. The van der Waals surface area contributed by atoms with E-state index in [4.69, 9.17) is 0 Å². The van der Waals surface area contributed by atoms with Crippen molar-refractivity contribution in [2.45, 2.75) is 46.6 Å².